The van der Waals surface area contributed by atoms with Crippen LogP contribution in [-0.4, -0.2) is 58.8 Å². The second-order valence-corrected chi connectivity index (χ2v) is 9.29. The highest BCUT2D eigenvalue weighted by molar-refractivity contribution is 5.90. The van der Waals surface area contributed by atoms with Gasteiger partial charge in [0.05, 0.1) is 6.61 Å². The quantitative estimate of drug-likeness (QED) is 0.528. The summed E-state index contributed by atoms with van der Waals surface area (Å²) in [7, 11) is 0. The predicted molar refractivity (Wildman–Crippen MR) is 129 cm³/mol. The fourth-order valence-corrected chi connectivity index (χ4v) is 4.71. The van der Waals surface area contributed by atoms with Crippen molar-refractivity contribution in [2.45, 2.75) is 57.3 Å². The van der Waals surface area contributed by atoms with Crippen LogP contribution in [0.25, 0.3) is 11.1 Å². The first-order chi connectivity index (χ1) is 16.5. The monoisotopic (exact) mass is 466 g/mol. The van der Waals surface area contributed by atoms with Crippen LogP contribution < -0.4 is 10.1 Å². The number of hydrogen-bond acceptors (Lipinski definition) is 5. The molecule has 2 aliphatic rings. The first kappa shape index (κ1) is 24.2. The Morgan fingerprint density at radius 2 is 1.62 bits per heavy atom. The molecule has 2 fully saturated rings. The zero-order valence-corrected chi connectivity index (χ0v) is 19.5. The summed E-state index contributed by atoms with van der Waals surface area (Å²) in [6, 6.07) is 15.8. The Morgan fingerprint density at radius 3 is 2.32 bits per heavy atom. The number of aliphatic hydroxyl groups is 2. The van der Waals surface area contributed by atoms with E-state index in [1.807, 2.05) is 48.5 Å². The van der Waals surface area contributed by atoms with Gasteiger partial charge in [0.2, 0.25) is 0 Å². The lowest BCUT2D eigenvalue weighted by molar-refractivity contribution is -0.152. The highest BCUT2D eigenvalue weighted by atomic mass is 16.5. The van der Waals surface area contributed by atoms with E-state index in [9.17, 15) is 19.8 Å². The zero-order valence-electron chi connectivity index (χ0n) is 19.5. The van der Waals surface area contributed by atoms with Gasteiger partial charge in [-0.15, -0.1) is 0 Å². The maximum atomic E-state index is 12.3. The Bertz CT molecular complexity index is 965. The van der Waals surface area contributed by atoms with Gasteiger partial charge in [0.15, 0.2) is 12.2 Å². The molecule has 1 saturated carbocycles. The van der Waals surface area contributed by atoms with E-state index in [2.05, 4.69) is 5.32 Å². The fraction of sp³-hybridized carbons (Fsp3) is 0.481. The fourth-order valence-electron chi connectivity index (χ4n) is 4.71. The third-order valence-electron chi connectivity index (χ3n) is 6.81. The van der Waals surface area contributed by atoms with E-state index >= 15 is 0 Å². The second kappa shape index (κ2) is 11.5. The smallest absolute Gasteiger partial charge is 0.254 e. The van der Waals surface area contributed by atoms with Crippen molar-refractivity contribution in [1.29, 1.82) is 0 Å². The molecule has 182 valence electrons. The van der Waals surface area contributed by atoms with Crippen molar-refractivity contribution in [2.24, 2.45) is 5.92 Å². The van der Waals surface area contributed by atoms with E-state index in [4.69, 9.17) is 4.74 Å². The molecule has 7 heteroatoms. The van der Waals surface area contributed by atoms with Gasteiger partial charge in [0.25, 0.3) is 11.8 Å². The summed E-state index contributed by atoms with van der Waals surface area (Å²) in [6.45, 7) is 2.02. The number of rotatable bonds is 9. The number of carbonyl (C=O) groups is 2. The van der Waals surface area contributed by atoms with E-state index in [1.54, 1.807) is 0 Å². The molecule has 0 spiro atoms. The van der Waals surface area contributed by atoms with Crippen LogP contribution in [0.1, 0.15) is 44.1 Å². The van der Waals surface area contributed by atoms with Gasteiger partial charge >= 0.3 is 0 Å². The summed E-state index contributed by atoms with van der Waals surface area (Å²) in [5.74, 6) is 0.141. The molecule has 34 heavy (non-hydrogen) atoms. The van der Waals surface area contributed by atoms with E-state index in [0.29, 0.717) is 19.0 Å². The molecular weight excluding hydrogens is 432 g/mol. The summed E-state index contributed by atoms with van der Waals surface area (Å²) in [4.78, 5) is 26.0. The topological polar surface area (TPSA) is 99.1 Å². The highest BCUT2D eigenvalue weighted by Crippen LogP contribution is 2.32. The Morgan fingerprint density at radius 1 is 0.941 bits per heavy atom. The number of nitrogens with zero attached hydrogens (tertiary/aromatic N) is 1. The highest BCUT2D eigenvalue weighted by Gasteiger charge is 2.34. The molecule has 0 unspecified atom stereocenters. The average molecular weight is 467 g/mol. The minimum absolute atomic E-state index is 0.181. The van der Waals surface area contributed by atoms with Crippen LogP contribution in [0.4, 0.5) is 0 Å². The van der Waals surface area contributed by atoms with Crippen molar-refractivity contribution in [2.75, 3.05) is 19.7 Å². The molecule has 7 nitrogen and oxygen atoms in total. The first-order valence-electron chi connectivity index (χ1n) is 12.3. The number of para-hydroxylation sites is 1. The molecule has 1 saturated heterocycles. The number of ether oxygens (including phenoxy) is 1. The number of hydrogen-bond donors (Lipinski definition) is 3. The molecule has 0 bridgehead atoms. The Labute approximate surface area is 200 Å². The summed E-state index contributed by atoms with van der Waals surface area (Å²) in [5, 5.41) is 22.8. The number of aliphatic hydroxyl groups excluding tert-OH is 2. The number of amides is 2. The molecular formula is C27H34N2O5. The van der Waals surface area contributed by atoms with Crippen molar-refractivity contribution in [3.05, 3.63) is 54.1 Å². The molecule has 4 rings (SSSR count). The summed E-state index contributed by atoms with van der Waals surface area (Å²) >= 11 is 0. The van der Waals surface area contributed by atoms with Gasteiger partial charge < -0.3 is 25.2 Å². The molecule has 2 aromatic rings. The van der Waals surface area contributed by atoms with Crippen LogP contribution in [-0.2, 0) is 16.1 Å². The van der Waals surface area contributed by atoms with E-state index in [0.717, 1.165) is 41.9 Å². The van der Waals surface area contributed by atoms with Crippen LogP contribution in [0, 0.1) is 5.92 Å². The Kier molecular flexibility index (Phi) is 8.19. The third kappa shape index (κ3) is 5.96. The van der Waals surface area contributed by atoms with E-state index in [1.165, 1.54) is 30.6 Å². The van der Waals surface area contributed by atoms with Gasteiger partial charge in [-0.05, 0) is 48.8 Å². The average Bonchev–Trinajstić information content (AvgIpc) is 3.60. The van der Waals surface area contributed by atoms with Gasteiger partial charge in [-0.1, -0.05) is 55.3 Å². The lowest BCUT2D eigenvalue weighted by Crippen LogP contribution is -2.50. The molecule has 3 N–H and O–H groups in total. The van der Waals surface area contributed by atoms with Crippen LogP contribution in [0.5, 0.6) is 5.75 Å². The van der Waals surface area contributed by atoms with Gasteiger partial charge in [0.1, 0.15) is 5.75 Å². The zero-order chi connectivity index (χ0) is 23.9. The Hall–Kier alpha value is -2.90. The van der Waals surface area contributed by atoms with Crippen molar-refractivity contribution < 1.29 is 24.5 Å². The maximum Gasteiger partial charge on any atom is 0.254 e. The third-order valence-corrected chi connectivity index (χ3v) is 6.81. The number of benzene rings is 2. The largest absolute Gasteiger partial charge is 0.493 e. The van der Waals surface area contributed by atoms with Crippen LogP contribution in [0.2, 0.25) is 0 Å². The van der Waals surface area contributed by atoms with Crippen LogP contribution >= 0.6 is 0 Å². The molecule has 0 radical (unpaired) electrons. The van der Waals surface area contributed by atoms with Crippen molar-refractivity contribution in [3.63, 3.8) is 0 Å². The molecule has 2 atom stereocenters. The number of likely N-dealkylation sites (tertiary alicyclic amines) is 1. The minimum atomic E-state index is -1.80. The second-order valence-electron chi connectivity index (χ2n) is 9.29. The van der Waals surface area contributed by atoms with E-state index in [-0.39, 0.29) is 6.54 Å². The molecule has 1 aliphatic heterocycles. The SMILES string of the molecule is O=C(NCc1ccc(-c2ccccc2OCC2CCCC2)cc1)[C@H](O)[C@@H](O)C(=O)N1CCCC1. The first-order valence-corrected chi connectivity index (χ1v) is 12.3. The lowest BCUT2D eigenvalue weighted by Gasteiger charge is -2.22. The van der Waals surface area contributed by atoms with Crippen molar-refractivity contribution in [1.82, 2.24) is 10.2 Å². The van der Waals surface area contributed by atoms with Gasteiger partial charge in [-0.25, -0.2) is 0 Å². The molecule has 1 heterocycles. The molecule has 1 aliphatic carbocycles. The number of carbonyl (C=O) groups excluding carboxylic acids is 2. The predicted octanol–water partition coefficient (Wildman–Crippen LogP) is 2.88. The van der Waals surface area contributed by atoms with Gasteiger partial charge in [-0.3, -0.25) is 9.59 Å². The summed E-state index contributed by atoms with van der Waals surface area (Å²) in [6.07, 6.45) is 3.25. The van der Waals surface area contributed by atoms with Crippen LogP contribution in [0.3, 0.4) is 0 Å². The van der Waals surface area contributed by atoms with Gasteiger partial charge in [-0.2, -0.15) is 0 Å². The normalized spacial score (nSPS) is 18.0. The van der Waals surface area contributed by atoms with Crippen LogP contribution in [0.15, 0.2) is 48.5 Å². The van der Waals surface area contributed by atoms with Crippen molar-refractivity contribution in [3.8, 4) is 16.9 Å². The minimum Gasteiger partial charge on any atom is -0.493 e. The standard InChI is InChI=1S/C27H34N2O5/c30-24(25(31)27(33)29-15-5-6-16-29)26(32)28-17-19-11-13-21(14-12-19)22-9-3-4-10-23(22)34-18-20-7-1-2-8-20/h3-4,9-14,20,24-25,30-31H,1-2,5-8,15-18H2,(H,28,32)/t24-,25-/m1/s1. The molecule has 2 aromatic carbocycles. The maximum absolute atomic E-state index is 12.3. The summed E-state index contributed by atoms with van der Waals surface area (Å²) in [5.41, 5.74) is 2.88. The Balaban J connectivity index is 1.31. The van der Waals surface area contributed by atoms with Gasteiger partial charge in [0, 0.05) is 25.2 Å². The number of nitrogens with one attached hydrogen (secondary N) is 1. The summed E-state index contributed by atoms with van der Waals surface area (Å²) < 4.78 is 6.15. The lowest BCUT2D eigenvalue weighted by atomic mass is 10.0. The van der Waals surface area contributed by atoms with E-state index < -0.39 is 24.0 Å². The molecule has 0 aromatic heterocycles. The van der Waals surface area contributed by atoms with Crippen molar-refractivity contribution >= 4 is 11.8 Å². The molecule has 2 amide bonds.